The van der Waals surface area contributed by atoms with Gasteiger partial charge in [0.15, 0.2) is 0 Å². The molecule has 2 rings (SSSR count). The minimum Gasteiger partial charge on any atom is -0.507 e. The second-order valence-electron chi connectivity index (χ2n) is 4.00. The first-order chi connectivity index (χ1) is 7.66. The van der Waals surface area contributed by atoms with Crippen LogP contribution in [0.25, 0.3) is 6.08 Å². The lowest BCUT2D eigenvalue weighted by molar-refractivity contribution is 0.199. The van der Waals surface area contributed by atoms with E-state index in [2.05, 4.69) is 6.08 Å². The number of rotatable bonds is 3. The zero-order chi connectivity index (χ0) is 11.7. The Morgan fingerprint density at radius 1 is 1.31 bits per heavy atom. The number of phenols is 1. The number of aliphatic hydroxyl groups excluding tert-OH is 1. The SMILES string of the molecule is Cc1c(O)c(C)c(OCCO)c2c1C=CC2. The van der Waals surface area contributed by atoms with Crippen molar-refractivity contribution in [3.8, 4) is 11.5 Å². The maximum atomic E-state index is 9.97. The van der Waals surface area contributed by atoms with E-state index >= 15 is 0 Å². The van der Waals surface area contributed by atoms with E-state index in [1.807, 2.05) is 19.9 Å². The molecule has 3 heteroatoms. The van der Waals surface area contributed by atoms with Crippen LogP contribution in [0.4, 0.5) is 0 Å². The quantitative estimate of drug-likeness (QED) is 0.818. The largest absolute Gasteiger partial charge is 0.507 e. The molecule has 1 aliphatic carbocycles. The molecule has 0 unspecified atom stereocenters. The first-order valence-corrected chi connectivity index (χ1v) is 5.42. The van der Waals surface area contributed by atoms with E-state index in [9.17, 15) is 5.11 Å². The van der Waals surface area contributed by atoms with E-state index in [0.717, 1.165) is 34.4 Å². The Hall–Kier alpha value is -1.48. The van der Waals surface area contributed by atoms with Gasteiger partial charge in [0, 0.05) is 11.1 Å². The number of allylic oxidation sites excluding steroid dienone is 1. The lowest BCUT2D eigenvalue weighted by Gasteiger charge is -2.17. The van der Waals surface area contributed by atoms with Gasteiger partial charge in [0.1, 0.15) is 18.1 Å². The maximum absolute atomic E-state index is 9.97. The molecule has 1 aliphatic rings. The topological polar surface area (TPSA) is 49.7 Å². The predicted octanol–water partition coefficient (Wildman–Crippen LogP) is 1.95. The van der Waals surface area contributed by atoms with Gasteiger partial charge < -0.3 is 14.9 Å². The van der Waals surface area contributed by atoms with E-state index in [1.165, 1.54) is 0 Å². The van der Waals surface area contributed by atoms with Gasteiger partial charge in [-0.05, 0) is 31.4 Å². The molecule has 0 atom stereocenters. The summed E-state index contributed by atoms with van der Waals surface area (Å²) in [5.41, 5.74) is 3.82. The summed E-state index contributed by atoms with van der Waals surface area (Å²) in [7, 11) is 0. The van der Waals surface area contributed by atoms with E-state index in [1.54, 1.807) is 0 Å². The Morgan fingerprint density at radius 2 is 2.06 bits per heavy atom. The van der Waals surface area contributed by atoms with Gasteiger partial charge in [-0.25, -0.2) is 0 Å². The molecule has 0 bridgehead atoms. The Morgan fingerprint density at radius 3 is 2.75 bits per heavy atom. The van der Waals surface area contributed by atoms with E-state index in [-0.39, 0.29) is 13.2 Å². The van der Waals surface area contributed by atoms with Gasteiger partial charge in [-0.2, -0.15) is 0 Å². The van der Waals surface area contributed by atoms with Crippen LogP contribution in [0, 0.1) is 13.8 Å². The highest BCUT2D eigenvalue weighted by Crippen LogP contribution is 2.40. The molecule has 0 saturated carbocycles. The molecular weight excluding hydrogens is 204 g/mol. The van der Waals surface area contributed by atoms with Crippen LogP contribution < -0.4 is 4.74 Å². The molecule has 0 spiro atoms. The van der Waals surface area contributed by atoms with Gasteiger partial charge >= 0.3 is 0 Å². The standard InChI is InChI=1S/C13H16O3/c1-8-10-4-3-5-11(10)13(16-7-6-14)9(2)12(8)15/h3-4,14-15H,5-7H2,1-2H3. The molecule has 86 valence electrons. The molecular formula is C13H16O3. The van der Waals surface area contributed by atoms with Gasteiger partial charge in [-0.3, -0.25) is 0 Å². The number of aromatic hydroxyl groups is 1. The number of hydrogen-bond acceptors (Lipinski definition) is 3. The zero-order valence-corrected chi connectivity index (χ0v) is 9.58. The third-order valence-corrected chi connectivity index (χ3v) is 3.00. The number of aliphatic hydroxyl groups is 1. The Bertz CT molecular complexity index is 447. The molecule has 1 aromatic rings. The van der Waals surface area contributed by atoms with Crippen molar-refractivity contribution in [3.05, 3.63) is 28.3 Å². The van der Waals surface area contributed by atoms with Crippen molar-refractivity contribution in [2.24, 2.45) is 0 Å². The first kappa shape index (κ1) is 11.0. The Labute approximate surface area is 95.0 Å². The van der Waals surface area contributed by atoms with E-state index in [4.69, 9.17) is 9.84 Å². The highest BCUT2D eigenvalue weighted by molar-refractivity contribution is 5.72. The molecule has 1 aromatic carbocycles. The molecule has 0 fully saturated rings. The van der Waals surface area contributed by atoms with Crippen LogP contribution >= 0.6 is 0 Å². The number of benzene rings is 1. The predicted molar refractivity (Wildman–Crippen MR) is 62.9 cm³/mol. The molecule has 16 heavy (non-hydrogen) atoms. The summed E-state index contributed by atoms with van der Waals surface area (Å²) in [6.07, 6.45) is 4.90. The van der Waals surface area contributed by atoms with Crippen LogP contribution in [0.2, 0.25) is 0 Å². The highest BCUT2D eigenvalue weighted by atomic mass is 16.5. The van der Waals surface area contributed by atoms with Crippen molar-refractivity contribution < 1.29 is 14.9 Å². The molecule has 2 N–H and O–H groups in total. The smallest absolute Gasteiger partial charge is 0.130 e. The zero-order valence-electron chi connectivity index (χ0n) is 9.58. The Kier molecular flexibility index (Phi) is 2.88. The van der Waals surface area contributed by atoms with Crippen LogP contribution in [-0.2, 0) is 6.42 Å². The molecule has 0 amide bonds. The lowest BCUT2D eigenvalue weighted by Crippen LogP contribution is -2.06. The van der Waals surface area contributed by atoms with Crippen molar-refractivity contribution in [3.63, 3.8) is 0 Å². The fourth-order valence-corrected chi connectivity index (χ4v) is 2.16. The van der Waals surface area contributed by atoms with Gasteiger partial charge in [-0.15, -0.1) is 0 Å². The van der Waals surface area contributed by atoms with Gasteiger partial charge in [0.2, 0.25) is 0 Å². The van der Waals surface area contributed by atoms with Crippen LogP contribution in [0.3, 0.4) is 0 Å². The molecule has 0 saturated heterocycles. The average Bonchev–Trinajstić information content (AvgIpc) is 2.75. The summed E-state index contributed by atoms with van der Waals surface area (Å²) in [5, 5.41) is 18.8. The summed E-state index contributed by atoms with van der Waals surface area (Å²) < 4.78 is 5.51. The number of fused-ring (bicyclic) bond motifs is 1. The van der Waals surface area contributed by atoms with Gasteiger partial charge in [-0.1, -0.05) is 12.2 Å². The van der Waals surface area contributed by atoms with Crippen molar-refractivity contribution in [1.82, 2.24) is 0 Å². The van der Waals surface area contributed by atoms with Crippen molar-refractivity contribution in [2.45, 2.75) is 20.3 Å². The fourth-order valence-electron chi connectivity index (χ4n) is 2.16. The minimum atomic E-state index is -0.0176. The second-order valence-corrected chi connectivity index (χ2v) is 4.00. The number of ether oxygens (including phenoxy) is 1. The van der Waals surface area contributed by atoms with Crippen molar-refractivity contribution >= 4 is 6.08 Å². The van der Waals surface area contributed by atoms with E-state index in [0.29, 0.717) is 5.75 Å². The lowest BCUT2D eigenvalue weighted by atomic mass is 9.98. The molecule has 0 heterocycles. The fraction of sp³-hybridized carbons (Fsp3) is 0.385. The van der Waals surface area contributed by atoms with Crippen LogP contribution in [0.15, 0.2) is 6.08 Å². The number of phenolic OH excluding ortho intramolecular Hbond substituents is 1. The normalized spacial score (nSPS) is 12.9. The second kappa shape index (κ2) is 4.18. The van der Waals surface area contributed by atoms with Crippen LogP contribution in [-0.4, -0.2) is 23.4 Å². The third kappa shape index (κ3) is 1.57. The maximum Gasteiger partial charge on any atom is 0.130 e. The summed E-state index contributed by atoms with van der Waals surface area (Å²) in [6.45, 7) is 3.99. The minimum absolute atomic E-state index is 0.0176. The molecule has 0 radical (unpaired) electrons. The molecule has 3 nitrogen and oxygen atoms in total. The monoisotopic (exact) mass is 220 g/mol. The summed E-state index contributed by atoms with van der Waals surface area (Å²) in [6, 6.07) is 0. The molecule has 0 aliphatic heterocycles. The van der Waals surface area contributed by atoms with Gasteiger partial charge in [0.05, 0.1) is 6.61 Å². The Balaban J connectivity index is 2.53. The van der Waals surface area contributed by atoms with Crippen molar-refractivity contribution in [2.75, 3.05) is 13.2 Å². The third-order valence-electron chi connectivity index (χ3n) is 3.00. The first-order valence-electron chi connectivity index (χ1n) is 5.42. The van der Waals surface area contributed by atoms with Crippen molar-refractivity contribution in [1.29, 1.82) is 0 Å². The highest BCUT2D eigenvalue weighted by Gasteiger charge is 2.20. The van der Waals surface area contributed by atoms with Crippen LogP contribution in [0.1, 0.15) is 22.3 Å². The number of hydrogen-bond donors (Lipinski definition) is 2. The van der Waals surface area contributed by atoms with Gasteiger partial charge in [0.25, 0.3) is 0 Å². The van der Waals surface area contributed by atoms with Crippen LogP contribution in [0.5, 0.6) is 11.5 Å². The summed E-state index contributed by atoms with van der Waals surface area (Å²) in [5.74, 6) is 1.01. The summed E-state index contributed by atoms with van der Waals surface area (Å²) >= 11 is 0. The van der Waals surface area contributed by atoms with E-state index < -0.39 is 0 Å². The molecule has 0 aromatic heterocycles. The summed E-state index contributed by atoms with van der Waals surface area (Å²) in [4.78, 5) is 0. The average molecular weight is 220 g/mol.